The molecule has 0 radical (unpaired) electrons. The number of nitrogens with one attached hydrogen (secondary N) is 1. The quantitative estimate of drug-likeness (QED) is 0.474. The highest BCUT2D eigenvalue weighted by Gasteiger charge is 2.40. The van der Waals surface area contributed by atoms with Crippen LogP contribution in [0, 0.1) is 6.92 Å². The van der Waals surface area contributed by atoms with Crippen molar-refractivity contribution in [2.24, 2.45) is 12.8 Å². The third-order valence-corrected chi connectivity index (χ3v) is 11.4. The third kappa shape index (κ3) is 5.15. The summed E-state index contributed by atoms with van der Waals surface area (Å²) in [6, 6.07) is 5.28. The molecular weight excluding hydrogens is 530 g/mol. The maximum Gasteiger partial charge on any atom is 0.235 e. The number of carbonyl (C=O) groups excluding carboxylic acids is 2. The molecule has 1 aromatic carbocycles. The van der Waals surface area contributed by atoms with Crippen molar-refractivity contribution >= 4 is 38.4 Å². The van der Waals surface area contributed by atoms with Crippen molar-refractivity contribution in [1.29, 1.82) is 0 Å². The van der Waals surface area contributed by atoms with Gasteiger partial charge in [-0.1, -0.05) is 0 Å². The number of piperidine rings is 2. The molecule has 11 nitrogen and oxygen atoms in total. The average molecular weight is 572 g/mol. The van der Waals surface area contributed by atoms with Crippen LogP contribution in [0.15, 0.2) is 12.1 Å². The highest BCUT2D eigenvalue weighted by molar-refractivity contribution is 7.89. The monoisotopic (exact) mass is 571 g/mol. The lowest BCUT2D eigenvalue weighted by Gasteiger charge is -2.42. The summed E-state index contributed by atoms with van der Waals surface area (Å²) < 4.78 is 29.2. The molecule has 0 saturated carbocycles. The number of hydrogen-bond acceptors (Lipinski definition) is 8. The largest absolute Gasteiger partial charge is 0.368 e. The van der Waals surface area contributed by atoms with Crippen molar-refractivity contribution in [1.82, 2.24) is 24.3 Å². The Morgan fingerprint density at radius 2 is 1.75 bits per heavy atom. The Morgan fingerprint density at radius 1 is 1.05 bits per heavy atom. The number of piperazine rings is 1. The maximum atomic E-state index is 12.9. The molecule has 4 aliphatic heterocycles. The number of rotatable bonds is 7. The normalized spacial score (nSPS) is 27.1. The second kappa shape index (κ2) is 10.7. The van der Waals surface area contributed by atoms with Crippen molar-refractivity contribution < 1.29 is 18.0 Å². The van der Waals surface area contributed by atoms with E-state index in [-0.39, 0.29) is 23.6 Å². The third-order valence-electron chi connectivity index (χ3n) is 9.45. The van der Waals surface area contributed by atoms with E-state index in [4.69, 9.17) is 10.8 Å². The van der Waals surface area contributed by atoms with E-state index in [1.807, 2.05) is 11.7 Å². The van der Waals surface area contributed by atoms with E-state index in [0.29, 0.717) is 44.4 Å². The predicted molar refractivity (Wildman–Crippen MR) is 153 cm³/mol. The van der Waals surface area contributed by atoms with Gasteiger partial charge >= 0.3 is 0 Å². The molecular formula is C28H41N7O4S. The Hall–Kier alpha value is -2.54. The lowest BCUT2D eigenvalue weighted by atomic mass is 9.92. The molecule has 0 spiro atoms. The number of imide groups is 1. The predicted octanol–water partition coefficient (Wildman–Crippen LogP) is 1.20. The number of anilines is 1. The molecule has 3 unspecified atom stereocenters. The van der Waals surface area contributed by atoms with E-state index >= 15 is 0 Å². The molecule has 2 amide bonds. The molecule has 5 heterocycles. The van der Waals surface area contributed by atoms with Gasteiger partial charge in [0.15, 0.2) is 0 Å². The first-order chi connectivity index (χ1) is 19.1. The Morgan fingerprint density at radius 3 is 2.42 bits per heavy atom. The van der Waals surface area contributed by atoms with Gasteiger partial charge in [0.25, 0.3) is 0 Å². The van der Waals surface area contributed by atoms with Crippen LogP contribution in [0.25, 0.3) is 10.9 Å². The van der Waals surface area contributed by atoms with Gasteiger partial charge in [0.05, 0.1) is 22.9 Å². The summed E-state index contributed by atoms with van der Waals surface area (Å²) in [5, 5.41) is 8.15. The molecule has 0 aliphatic carbocycles. The number of aryl methyl sites for hydroxylation is 2. The topological polar surface area (TPSA) is 134 Å². The van der Waals surface area contributed by atoms with Gasteiger partial charge in [0, 0.05) is 68.8 Å². The van der Waals surface area contributed by atoms with E-state index < -0.39 is 15.9 Å². The molecule has 6 rings (SSSR count). The van der Waals surface area contributed by atoms with Crippen LogP contribution in [0.4, 0.5) is 5.69 Å². The number of hydrogen-bond donors (Lipinski definition) is 2. The average Bonchev–Trinajstić information content (AvgIpc) is 3.33. The van der Waals surface area contributed by atoms with Crippen LogP contribution in [-0.4, -0.2) is 95.8 Å². The summed E-state index contributed by atoms with van der Waals surface area (Å²) in [5.41, 5.74) is 10.0. The van der Waals surface area contributed by atoms with Crippen LogP contribution < -0.4 is 16.0 Å². The Bertz CT molecular complexity index is 1400. The molecule has 3 atom stereocenters. The Labute approximate surface area is 236 Å². The van der Waals surface area contributed by atoms with Gasteiger partial charge < -0.3 is 10.6 Å². The zero-order valence-electron chi connectivity index (χ0n) is 23.5. The van der Waals surface area contributed by atoms with Gasteiger partial charge in [-0.2, -0.15) is 5.10 Å². The van der Waals surface area contributed by atoms with Crippen molar-refractivity contribution in [2.75, 3.05) is 43.4 Å². The Balaban J connectivity index is 1.13. The van der Waals surface area contributed by atoms with Crippen LogP contribution >= 0.6 is 0 Å². The van der Waals surface area contributed by atoms with Crippen LogP contribution in [0.3, 0.4) is 0 Å². The molecule has 3 N–H and O–H groups in total. The number of benzene rings is 1. The van der Waals surface area contributed by atoms with Crippen LogP contribution in [-0.2, 0) is 26.7 Å². The highest BCUT2D eigenvalue weighted by atomic mass is 32.2. The summed E-state index contributed by atoms with van der Waals surface area (Å²) in [7, 11) is -1.32. The minimum atomic E-state index is -3.23. The zero-order valence-corrected chi connectivity index (χ0v) is 24.3. The summed E-state index contributed by atoms with van der Waals surface area (Å²) >= 11 is 0. The van der Waals surface area contributed by atoms with Crippen molar-refractivity contribution in [2.45, 2.75) is 75.9 Å². The SMILES string of the molecule is Cc1cc2c(C3CCC(=O)NC3=O)nn(C)c2cc1N1CC2CCC(C1)N2CCCS(=O)(=O)N1CCC(N)CC1. The van der Waals surface area contributed by atoms with Crippen molar-refractivity contribution in [3.63, 3.8) is 0 Å². The number of amides is 2. The standard InChI is InChI=1S/C28H41N7O4S/c1-18-14-23-25(32(2)31-27(23)22-6-7-26(36)30-28(22)37)15-24(18)33-16-20-4-5-21(17-33)35(20)10-3-13-40(38,39)34-11-8-19(29)9-12-34/h14-15,19-22H,3-13,16-17,29H2,1-2H3,(H,30,36,37). The van der Waals surface area contributed by atoms with Gasteiger partial charge in [-0.3, -0.25) is 24.5 Å². The Kier molecular flexibility index (Phi) is 7.39. The molecule has 12 heteroatoms. The fourth-order valence-corrected chi connectivity index (χ4v) is 8.76. The first-order valence-corrected chi connectivity index (χ1v) is 16.3. The first-order valence-electron chi connectivity index (χ1n) is 14.7. The van der Waals surface area contributed by atoms with E-state index in [1.165, 1.54) is 5.69 Å². The van der Waals surface area contributed by atoms with Crippen molar-refractivity contribution in [3.05, 3.63) is 23.4 Å². The molecule has 40 heavy (non-hydrogen) atoms. The number of carbonyl (C=O) groups is 2. The molecule has 2 bridgehead atoms. The smallest absolute Gasteiger partial charge is 0.235 e. The van der Waals surface area contributed by atoms with Gasteiger partial charge in [-0.05, 0) is 69.7 Å². The summed E-state index contributed by atoms with van der Waals surface area (Å²) in [5.74, 6) is -0.697. The number of fused-ring (bicyclic) bond motifs is 3. The minimum absolute atomic E-state index is 0.119. The zero-order chi connectivity index (χ0) is 28.2. The second-order valence-corrected chi connectivity index (χ2v) is 14.2. The first kappa shape index (κ1) is 27.6. The minimum Gasteiger partial charge on any atom is -0.368 e. The van der Waals surface area contributed by atoms with Crippen LogP contribution in [0.1, 0.15) is 62.1 Å². The molecule has 1 aromatic heterocycles. The fraction of sp³-hybridized carbons (Fsp3) is 0.679. The van der Waals surface area contributed by atoms with E-state index in [2.05, 4.69) is 34.2 Å². The lowest BCUT2D eigenvalue weighted by molar-refractivity contribution is -0.134. The molecule has 4 fully saturated rings. The number of sulfonamides is 1. The van der Waals surface area contributed by atoms with E-state index in [9.17, 15) is 18.0 Å². The second-order valence-electron chi connectivity index (χ2n) is 12.1. The lowest BCUT2D eigenvalue weighted by Crippen LogP contribution is -2.54. The molecule has 218 valence electrons. The summed E-state index contributed by atoms with van der Waals surface area (Å²) in [4.78, 5) is 29.2. The number of nitrogens with two attached hydrogens (primary N) is 1. The van der Waals surface area contributed by atoms with Gasteiger partial charge in [0.1, 0.15) is 0 Å². The van der Waals surface area contributed by atoms with Crippen LogP contribution in [0.5, 0.6) is 0 Å². The number of nitrogens with zero attached hydrogens (tertiary/aromatic N) is 5. The summed E-state index contributed by atoms with van der Waals surface area (Å²) in [6.07, 6.45) is 5.21. The number of aromatic nitrogens is 2. The fourth-order valence-electron chi connectivity index (χ4n) is 7.24. The van der Waals surface area contributed by atoms with Gasteiger partial charge in [0.2, 0.25) is 21.8 Å². The highest BCUT2D eigenvalue weighted by Crippen LogP contribution is 2.38. The van der Waals surface area contributed by atoms with Crippen molar-refractivity contribution in [3.8, 4) is 0 Å². The maximum absolute atomic E-state index is 12.9. The molecule has 2 aromatic rings. The van der Waals surface area contributed by atoms with E-state index in [1.54, 1.807) is 4.31 Å². The van der Waals surface area contributed by atoms with Crippen LogP contribution in [0.2, 0.25) is 0 Å². The van der Waals surface area contributed by atoms with Gasteiger partial charge in [-0.15, -0.1) is 0 Å². The van der Waals surface area contributed by atoms with Gasteiger partial charge in [-0.25, -0.2) is 12.7 Å². The summed E-state index contributed by atoms with van der Waals surface area (Å²) in [6.45, 7) is 5.84. The van der Waals surface area contributed by atoms with E-state index in [0.717, 1.165) is 67.5 Å². The molecule has 4 saturated heterocycles. The molecule has 4 aliphatic rings.